The van der Waals surface area contributed by atoms with E-state index in [4.69, 9.17) is 9.84 Å². The number of aliphatic hydroxyl groups excluding tert-OH is 1. The second-order valence-corrected chi connectivity index (χ2v) is 4.64. The van der Waals surface area contributed by atoms with Crippen molar-refractivity contribution >= 4 is 11.7 Å². The minimum atomic E-state index is -0.314. The molecule has 1 fully saturated rings. The van der Waals surface area contributed by atoms with Crippen molar-refractivity contribution in [3.05, 3.63) is 18.1 Å². The molecule has 7 nitrogen and oxygen atoms in total. The van der Waals surface area contributed by atoms with Gasteiger partial charge >= 0.3 is 0 Å². The van der Waals surface area contributed by atoms with Crippen LogP contribution in [-0.2, 0) is 4.74 Å². The van der Waals surface area contributed by atoms with Crippen molar-refractivity contribution in [2.24, 2.45) is 0 Å². The Balaban J connectivity index is 1.98. The van der Waals surface area contributed by atoms with Crippen molar-refractivity contribution in [1.82, 2.24) is 14.9 Å². The Hall–Kier alpha value is -1.73. The van der Waals surface area contributed by atoms with Gasteiger partial charge in [0.1, 0.15) is 11.5 Å². The fourth-order valence-electron chi connectivity index (χ4n) is 1.96. The third-order valence-electron chi connectivity index (χ3n) is 3.06. The minimum absolute atomic E-state index is 0.0880. The standard InChI is InChI=1S/C13H20N4O3/c1-2-3-14-12-7-15-11(6-16-12)13(19)17-4-5-20-10(8-17)9-18/h6-7,10,18H,2-5,8-9H2,1H3,(H,14,16). The maximum atomic E-state index is 12.3. The van der Waals surface area contributed by atoms with E-state index >= 15 is 0 Å². The van der Waals surface area contributed by atoms with Crippen LogP contribution in [0.3, 0.4) is 0 Å². The summed E-state index contributed by atoms with van der Waals surface area (Å²) in [6.07, 6.45) is 3.72. The van der Waals surface area contributed by atoms with Gasteiger partial charge in [-0.25, -0.2) is 9.97 Å². The molecule has 0 spiro atoms. The molecule has 1 aromatic heterocycles. The van der Waals surface area contributed by atoms with Crippen molar-refractivity contribution < 1.29 is 14.6 Å². The average Bonchev–Trinajstić information content (AvgIpc) is 2.52. The summed E-state index contributed by atoms with van der Waals surface area (Å²) in [5.74, 6) is 0.486. The summed E-state index contributed by atoms with van der Waals surface area (Å²) in [6, 6.07) is 0. The Morgan fingerprint density at radius 3 is 3.05 bits per heavy atom. The molecule has 0 bridgehead atoms. The van der Waals surface area contributed by atoms with Gasteiger partial charge in [0, 0.05) is 19.6 Å². The Bertz CT molecular complexity index is 438. The van der Waals surface area contributed by atoms with Crippen molar-refractivity contribution in [2.45, 2.75) is 19.4 Å². The van der Waals surface area contributed by atoms with E-state index in [1.807, 2.05) is 0 Å². The van der Waals surface area contributed by atoms with Crippen LogP contribution in [0.5, 0.6) is 0 Å². The highest BCUT2D eigenvalue weighted by Gasteiger charge is 2.25. The molecule has 20 heavy (non-hydrogen) atoms. The van der Waals surface area contributed by atoms with Gasteiger partial charge in [-0.05, 0) is 6.42 Å². The summed E-state index contributed by atoms with van der Waals surface area (Å²) < 4.78 is 5.32. The molecular weight excluding hydrogens is 260 g/mol. The topological polar surface area (TPSA) is 87.6 Å². The highest BCUT2D eigenvalue weighted by Crippen LogP contribution is 2.09. The first-order valence-corrected chi connectivity index (χ1v) is 6.82. The second-order valence-electron chi connectivity index (χ2n) is 4.64. The Morgan fingerprint density at radius 2 is 2.40 bits per heavy atom. The van der Waals surface area contributed by atoms with Gasteiger partial charge in [-0.1, -0.05) is 6.92 Å². The number of aliphatic hydroxyl groups is 1. The molecular formula is C13H20N4O3. The molecule has 1 aromatic rings. The Kier molecular flexibility index (Phi) is 5.25. The van der Waals surface area contributed by atoms with E-state index in [0.29, 0.717) is 31.2 Å². The molecule has 0 aromatic carbocycles. The fraction of sp³-hybridized carbons (Fsp3) is 0.615. The molecule has 1 aliphatic rings. The van der Waals surface area contributed by atoms with Gasteiger partial charge in [0.25, 0.3) is 5.91 Å². The zero-order valence-electron chi connectivity index (χ0n) is 11.6. The number of nitrogens with zero attached hydrogens (tertiary/aromatic N) is 3. The van der Waals surface area contributed by atoms with Gasteiger partial charge < -0.3 is 20.1 Å². The maximum absolute atomic E-state index is 12.3. The number of morpholine rings is 1. The molecule has 1 unspecified atom stereocenters. The molecule has 110 valence electrons. The number of amides is 1. The van der Waals surface area contributed by atoms with Crippen LogP contribution in [-0.4, -0.2) is 64.8 Å². The number of ether oxygens (including phenoxy) is 1. The predicted molar refractivity (Wildman–Crippen MR) is 73.5 cm³/mol. The molecule has 1 amide bonds. The summed E-state index contributed by atoms with van der Waals surface area (Å²) >= 11 is 0. The lowest BCUT2D eigenvalue weighted by molar-refractivity contribution is -0.0448. The van der Waals surface area contributed by atoms with Gasteiger partial charge in [0.05, 0.1) is 31.7 Å². The Labute approximate surface area is 118 Å². The third-order valence-corrected chi connectivity index (χ3v) is 3.06. The number of carbonyl (C=O) groups excluding carboxylic acids is 1. The van der Waals surface area contributed by atoms with Crippen LogP contribution in [0.15, 0.2) is 12.4 Å². The van der Waals surface area contributed by atoms with E-state index in [0.717, 1.165) is 13.0 Å². The highest BCUT2D eigenvalue weighted by atomic mass is 16.5. The van der Waals surface area contributed by atoms with Crippen LogP contribution in [0.4, 0.5) is 5.82 Å². The number of carbonyl (C=O) groups is 1. The van der Waals surface area contributed by atoms with Gasteiger partial charge in [-0.2, -0.15) is 0 Å². The van der Waals surface area contributed by atoms with Crippen molar-refractivity contribution in [2.75, 3.05) is 38.2 Å². The summed E-state index contributed by atoms with van der Waals surface area (Å²) in [7, 11) is 0. The first-order valence-electron chi connectivity index (χ1n) is 6.82. The number of anilines is 1. The molecule has 1 saturated heterocycles. The van der Waals surface area contributed by atoms with Gasteiger partial charge in [-0.15, -0.1) is 0 Å². The molecule has 2 rings (SSSR count). The fourth-order valence-corrected chi connectivity index (χ4v) is 1.96. The lowest BCUT2D eigenvalue weighted by Gasteiger charge is -2.31. The molecule has 0 aliphatic carbocycles. The van der Waals surface area contributed by atoms with E-state index in [2.05, 4.69) is 22.2 Å². The van der Waals surface area contributed by atoms with Crippen LogP contribution >= 0.6 is 0 Å². The number of hydrogen-bond donors (Lipinski definition) is 2. The maximum Gasteiger partial charge on any atom is 0.274 e. The highest BCUT2D eigenvalue weighted by molar-refractivity contribution is 5.92. The number of rotatable bonds is 5. The van der Waals surface area contributed by atoms with Gasteiger partial charge in [0.15, 0.2) is 0 Å². The zero-order valence-corrected chi connectivity index (χ0v) is 11.6. The quantitative estimate of drug-likeness (QED) is 0.797. The van der Waals surface area contributed by atoms with Crippen molar-refractivity contribution in [3.63, 3.8) is 0 Å². The van der Waals surface area contributed by atoms with Crippen LogP contribution < -0.4 is 5.32 Å². The van der Waals surface area contributed by atoms with Crippen molar-refractivity contribution in [1.29, 1.82) is 0 Å². The molecule has 1 atom stereocenters. The van der Waals surface area contributed by atoms with Crippen LogP contribution in [0, 0.1) is 0 Å². The van der Waals surface area contributed by atoms with E-state index in [1.54, 1.807) is 11.1 Å². The summed E-state index contributed by atoms with van der Waals surface area (Å²) in [4.78, 5) is 22.2. The van der Waals surface area contributed by atoms with Gasteiger partial charge in [-0.3, -0.25) is 4.79 Å². The molecule has 0 saturated carbocycles. The number of hydrogen-bond acceptors (Lipinski definition) is 6. The molecule has 1 aliphatic heterocycles. The van der Waals surface area contributed by atoms with Gasteiger partial charge in [0.2, 0.25) is 0 Å². The average molecular weight is 280 g/mol. The normalized spacial score (nSPS) is 18.9. The largest absolute Gasteiger partial charge is 0.394 e. The SMILES string of the molecule is CCCNc1cnc(C(=O)N2CCOC(CO)C2)cn1. The van der Waals surface area contributed by atoms with Crippen LogP contribution in [0.1, 0.15) is 23.8 Å². The minimum Gasteiger partial charge on any atom is -0.394 e. The first-order chi connectivity index (χ1) is 9.74. The van der Waals surface area contributed by atoms with Crippen LogP contribution in [0.25, 0.3) is 0 Å². The summed E-state index contributed by atoms with van der Waals surface area (Å²) in [5, 5.41) is 12.2. The first kappa shape index (κ1) is 14.7. The predicted octanol–water partition coefficient (Wildman–Crippen LogP) is 0.132. The number of aromatic nitrogens is 2. The number of nitrogens with one attached hydrogen (secondary N) is 1. The smallest absolute Gasteiger partial charge is 0.274 e. The monoisotopic (exact) mass is 280 g/mol. The third kappa shape index (κ3) is 3.64. The summed E-state index contributed by atoms with van der Waals surface area (Å²) in [5.41, 5.74) is 0.311. The van der Waals surface area contributed by atoms with E-state index in [9.17, 15) is 4.79 Å². The Morgan fingerprint density at radius 1 is 1.55 bits per heavy atom. The molecule has 7 heteroatoms. The van der Waals surface area contributed by atoms with E-state index in [1.165, 1.54) is 6.20 Å². The lowest BCUT2D eigenvalue weighted by Crippen LogP contribution is -2.47. The second kappa shape index (κ2) is 7.16. The summed E-state index contributed by atoms with van der Waals surface area (Å²) in [6.45, 7) is 4.12. The lowest BCUT2D eigenvalue weighted by atomic mass is 10.2. The van der Waals surface area contributed by atoms with Crippen LogP contribution in [0.2, 0.25) is 0 Å². The van der Waals surface area contributed by atoms with E-state index < -0.39 is 0 Å². The molecule has 2 N–H and O–H groups in total. The van der Waals surface area contributed by atoms with Crippen molar-refractivity contribution in [3.8, 4) is 0 Å². The zero-order chi connectivity index (χ0) is 14.4. The van der Waals surface area contributed by atoms with E-state index in [-0.39, 0.29) is 18.6 Å². The molecule has 2 heterocycles. The molecule has 0 radical (unpaired) electrons.